The molecule has 0 aliphatic carbocycles. The molecule has 6 nitrogen and oxygen atoms in total. The predicted molar refractivity (Wildman–Crippen MR) is 142 cm³/mol. The minimum atomic E-state index is 0. The number of rotatable bonds is 10. The Balaban J connectivity index is 0.00000341. The van der Waals surface area contributed by atoms with Gasteiger partial charge in [0.05, 0.1) is 6.54 Å². The van der Waals surface area contributed by atoms with Gasteiger partial charge in [0.15, 0.2) is 5.96 Å². The van der Waals surface area contributed by atoms with Gasteiger partial charge in [-0.1, -0.05) is 30.3 Å². The molecule has 0 bridgehead atoms. The number of piperazine rings is 1. The van der Waals surface area contributed by atoms with Crippen LogP contribution >= 0.6 is 35.3 Å². The molecule has 0 radical (unpaired) electrons. The van der Waals surface area contributed by atoms with Crippen LogP contribution < -0.4 is 10.6 Å². The Morgan fingerprint density at radius 3 is 2.48 bits per heavy atom. The Morgan fingerprint density at radius 1 is 1.06 bits per heavy atom. The molecule has 1 fully saturated rings. The van der Waals surface area contributed by atoms with Gasteiger partial charge in [-0.2, -0.15) is 0 Å². The summed E-state index contributed by atoms with van der Waals surface area (Å²) in [4.78, 5) is 15.4. The summed E-state index contributed by atoms with van der Waals surface area (Å²) in [6, 6.07) is 10.8. The van der Waals surface area contributed by atoms with Gasteiger partial charge in [-0.05, 0) is 38.8 Å². The van der Waals surface area contributed by atoms with Crippen molar-refractivity contribution in [1.29, 1.82) is 0 Å². The van der Waals surface area contributed by atoms with Crippen LogP contribution in [-0.2, 0) is 13.1 Å². The Kier molecular flexibility index (Phi) is 12.4. The van der Waals surface area contributed by atoms with Crippen molar-refractivity contribution in [2.75, 3.05) is 45.8 Å². The van der Waals surface area contributed by atoms with Crippen LogP contribution in [0.25, 0.3) is 0 Å². The maximum absolute atomic E-state index is 4.65. The van der Waals surface area contributed by atoms with Crippen LogP contribution in [0.4, 0.5) is 0 Å². The summed E-state index contributed by atoms with van der Waals surface area (Å²) in [6.45, 7) is 13.6. The van der Waals surface area contributed by atoms with Crippen LogP contribution in [0.15, 0.2) is 41.5 Å². The van der Waals surface area contributed by atoms with E-state index >= 15 is 0 Å². The summed E-state index contributed by atoms with van der Waals surface area (Å²) >= 11 is 1.71. The van der Waals surface area contributed by atoms with E-state index in [1.807, 2.05) is 6.20 Å². The van der Waals surface area contributed by atoms with Crippen LogP contribution in [0.5, 0.6) is 0 Å². The summed E-state index contributed by atoms with van der Waals surface area (Å²) < 4.78 is 0. The number of hydrogen-bond donors (Lipinski definition) is 2. The second kappa shape index (κ2) is 14.8. The molecule has 8 heteroatoms. The molecule has 0 saturated carbocycles. The van der Waals surface area contributed by atoms with Crippen molar-refractivity contribution in [1.82, 2.24) is 25.4 Å². The van der Waals surface area contributed by atoms with Gasteiger partial charge >= 0.3 is 0 Å². The fourth-order valence-corrected chi connectivity index (χ4v) is 4.35. The van der Waals surface area contributed by atoms with Crippen molar-refractivity contribution in [3.63, 3.8) is 0 Å². The summed E-state index contributed by atoms with van der Waals surface area (Å²) in [6.07, 6.45) is 4.29. The molecule has 3 rings (SSSR count). The number of nitrogens with zero attached hydrogens (tertiary/aromatic N) is 4. The SMILES string of the molecule is CCNC(=NCc1ncc(C)s1)NCCCCN1CCN(Cc2ccccc2)CC1.I. The Hall–Kier alpha value is -1.23. The highest BCUT2D eigenvalue weighted by atomic mass is 127. The van der Waals surface area contributed by atoms with Crippen LogP contribution in [0.1, 0.15) is 35.2 Å². The molecule has 0 unspecified atom stereocenters. The van der Waals surface area contributed by atoms with E-state index in [1.165, 1.54) is 49.6 Å². The summed E-state index contributed by atoms with van der Waals surface area (Å²) in [5.74, 6) is 0.889. The van der Waals surface area contributed by atoms with E-state index < -0.39 is 0 Å². The van der Waals surface area contributed by atoms with E-state index in [9.17, 15) is 0 Å². The second-order valence-electron chi connectivity index (χ2n) is 7.80. The summed E-state index contributed by atoms with van der Waals surface area (Å²) in [5.41, 5.74) is 1.42. The number of aryl methyl sites for hydroxylation is 1. The fraction of sp³-hybridized carbons (Fsp3) is 0.565. The third kappa shape index (κ3) is 9.84. The first-order valence-corrected chi connectivity index (χ1v) is 12.0. The molecule has 2 N–H and O–H groups in total. The molecule has 0 amide bonds. The third-order valence-corrected chi connectivity index (χ3v) is 6.19. The molecule has 172 valence electrons. The molecule has 1 aromatic heterocycles. The molecular weight excluding hydrogens is 519 g/mol. The quantitative estimate of drug-likeness (QED) is 0.202. The van der Waals surface area contributed by atoms with Gasteiger partial charge in [-0.3, -0.25) is 4.90 Å². The van der Waals surface area contributed by atoms with Crippen molar-refractivity contribution in [3.05, 3.63) is 52.0 Å². The van der Waals surface area contributed by atoms with E-state index in [2.05, 4.69) is 74.6 Å². The fourth-order valence-electron chi connectivity index (χ4n) is 3.64. The lowest BCUT2D eigenvalue weighted by atomic mass is 10.2. The highest BCUT2D eigenvalue weighted by Gasteiger charge is 2.16. The number of halogens is 1. The zero-order chi connectivity index (χ0) is 21.0. The van der Waals surface area contributed by atoms with Gasteiger partial charge in [0, 0.05) is 56.9 Å². The van der Waals surface area contributed by atoms with Crippen LogP contribution in [0, 0.1) is 6.92 Å². The number of aromatic nitrogens is 1. The molecule has 0 atom stereocenters. The lowest BCUT2D eigenvalue weighted by Crippen LogP contribution is -2.46. The number of aliphatic imine (C=N–C) groups is 1. The van der Waals surface area contributed by atoms with Gasteiger partial charge in [0.25, 0.3) is 0 Å². The average Bonchev–Trinajstić information content (AvgIpc) is 3.19. The van der Waals surface area contributed by atoms with E-state index in [4.69, 9.17) is 0 Å². The topological polar surface area (TPSA) is 55.8 Å². The number of benzene rings is 1. The first-order chi connectivity index (χ1) is 14.7. The van der Waals surface area contributed by atoms with Crippen molar-refractivity contribution in [3.8, 4) is 0 Å². The van der Waals surface area contributed by atoms with Crippen LogP contribution in [-0.4, -0.2) is 66.6 Å². The van der Waals surface area contributed by atoms with Gasteiger partial charge in [-0.15, -0.1) is 35.3 Å². The number of unbranched alkanes of at least 4 members (excludes halogenated alkanes) is 1. The minimum Gasteiger partial charge on any atom is -0.357 e. The van der Waals surface area contributed by atoms with Crippen molar-refractivity contribution in [2.24, 2.45) is 4.99 Å². The molecule has 1 aliphatic rings. The van der Waals surface area contributed by atoms with Gasteiger partial charge in [0.2, 0.25) is 0 Å². The third-order valence-electron chi connectivity index (χ3n) is 5.29. The Morgan fingerprint density at radius 2 is 1.81 bits per heavy atom. The normalized spacial score (nSPS) is 15.5. The van der Waals surface area contributed by atoms with Gasteiger partial charge in [0.1, 0.15) is 5.01 Å². The molecule has 0 spiro atoms. The Labute approximate surface area is 208 Å². The largest absolute Gasteiger partial charge is 0.357 e. The lowest BCUT2D eigenvalue weighted by Gasteiger charge is -2.34. The van der Waals surface area contributed by atoms with Crippen molar-refractivity contribution >= 4 is 41.3 Å². The zero-order valence-electron chi connectivity index (χ0n) is 18.8. The number of guanidine groups is 1. The highest BCUT2D eigenvalue weighted by Crippen LogP contribution is 2.12. The van der Waals surface area contributed by atoms with Gasteiger partial charge in [-0.25, -0.2) is 9.98 Å². The molecule has 1 saturated heterocycles. The molecular formula is C23H37IN6S. The monoisotopic (exact) mass is 556 g/mol. The highest BCUT2D eigenvalue weighted by molar-refractivity contribution is 14.0. The smallest absolute Gasteiger partial charge is 0.191 e. The van der Waals surface area contributed by atoms with E-state index in [0.29, 0.717) is 6.54 Å². The van der Waals surface area contributed by atoms with Crippen molar-refractivity contribution < 1.29 is 0 Å². The van der Waals surface area contributed by atoms with E-state index in [0.717, 1.165) is 37.0 Å². The lowest BCUT2D eigenvalue weighted by molar-refractivity contribution is 0.126. The van der Waals surface area contributed by atoms with E-state index in [1.54, 1.807) is 11.3 Å². The maximum atomic E-state index is 4.65. The standard InChI is InChI=1S/C23H36N6S.HI/c1-3-24-23(27-18-22-26-17-20(2)30-22)25-11-7-8-12-28-13-15-29(16-14-28)19-21-9-5-4-6-10-21;/h4-6,9-10,17H,3,7-8,11-16,18-19H2,1-2H3,(H2,24,25,27);1H. The molecule has 31 heavy (non-hydrogen) atoms. The number of hydrogen-bond acceptors (Lipinski definition) is 5. The Bertz CT molecular complexity index is 758. The van der Waals surface area contributed by atoms with Crippen LogP contribution in [0.3, 0.4) is 0 Å². The van der Waals surface area contributed by atoms with E-state index in [-0.39, 0.29) is 24.0 Å². The predicted octanol–water partition coefficient (Wildman–Crippen LogP) is 3.72. The van der Waals surface area contributed by atoms with Crippen LogP contribution in [0.2, 0.25) is 0 Å². The summed E-state index contributed by atoms with van der Waals surface area (Å²) in [5, 5.41) is 7.85. The minimum absolute atomic E-state index is 0. The molecule has 1 aromatic carbocycles. The first-order valence-electron chi connectivity index (χ1n) is 11.1. The van der Waals surface area contributed by atoms with Crippen molar-refractivity contribution in [2.45, 2.75) is 39.8 Å². The second-order valence-corrected chi connectivity index (χ2v) is 9.12. The number of thiazole rings is 1. The number of nitrogens with one attached hydrogen (secondary N) is 2. The van der Waals surface area contributed by atoms with Gasteiger partial charge < -0.3 is 15.5 Å². The first kappa shape index (κ1) is 26.0. The summed E-state index contributed by atoms with van der Waals surface area (Å²) in [7, 11) is 0. The maximum Gasteiger partial charge on any atom is 0.191 e. The molecule has 2 aromatic rings. The molecule has 2 heterocycles. The zero-order valence-corrected chi connectivity index (χ0v) is 22.0. The average molecular weight is 557 g/mol. The molecule has 1 aliphatic heterocycles.